The van der Waals surface area contributed by atoms with Crippen LogP contribution in [0.25, 0.3) is 0 Å². The Kier molecular flexibility index (Phi) is 13.9. The number of hydrogen-bond acceptors (Lipinski definition) is 6. The van der Waals surface area contributed by atoms with Gasteiger partial charge in [0.1, 0.15) is 6.79 Å². The summed E-state index contributed by atoms with van der Waals surface area (Å²) in [7, 11) is -4.83. The first-order valence-electron chi connectivity index (χ1n) is 17.5. The van der Waals surface area contributed by atoms with Crippen LogP contribution < -0.4 is 10.4 Å². The van der Waals surface area contributed by atoms with Gasteiger partial charge in [-0.1, -0.05) is 128 Å². The van der Waals surface area contributed by atoms with Crippen LogP contribution in [0.2, 0.25) is 23.2 Å². The number of benzene rings is 2. The van der Waals surface area contributed by atoms with Crippen molar-refractivity contribution < 1.29 is 27.9 Å². The molecular formula is C39H62O6Si2. The molecule has 0 aliphatic carbocycles. The molecule has 2 aromatic rings. The van der Waals surface area contributed by atoms with E-state index in [1.54, 1.807) is 0 Å². The molecular weight excluding hydrogens is 621 g/mol. The highest BCUT2D eigenvalue weighted by molar-refractivity contribution is 6.99. The van der Waals surface area contributed by atoms with Crippen molar-refractivity contribution in [3.8, 4) is 0 Å². The SMILES string of the molecule is CCOC(=O)[C@H](C)[C@H]1C[C@H](/C=C\[C@H](C)[C@H](O[Si](C)(C)C(C)(C)C)[C@@H](C)CO[Si](c2ccccc2)(c2ccccc2)C(C)(C)C)OCO1. The molecule has 3 rings (SSSR count). The van der Waals surface area contributed by atoms with Gasteiger partial charge in [-0.2, -0.15) is 0 Å². The molecule has 1 heterocycles. The first-order valence-corrected chi connectivity index (χ1v) is 22.3. The van der Waals surface area contributed by atoms with Crippen LogP contribution in [0, 0.1) is 17.8 Å². The molecule has 0 saturated carbocycles. The third-order valence-electron chi connectivity index (χ3n) is 10.2. The number of rotatable bonds is 14. The van der Waals surface area contributed by atoms with Crippen molar-refractivity contribution in [2.75, 3.05) is 20.0 Å². The summed E-state index contributed by atoms with van der Waals surface area (Å²) in [5, 5.41) is 2.52. The fraction of sp³-hybridized carbons (Fsp3) is 0.615. The topological polar surface area (TPSA) is 63.2 Å². The fourth-order valence-corrected chi connectivity index (χ4v) is 12.4. The van der Waals surface area contributed by atoms with E-state index in [0.29, 0.717) is 19.6 Å². The van der Waals surface area contributed by atoms with Crippen LogP contribution in [-0.4, -0.2) is 60.9 Å². The first kappa shape index (κ1) is 39.4. The van der Waals surface area contributed by atoms with E-state index in [1.165, 1.54) is 10.4 Å². The van der Waals surface area contributed by atoms with Crippen molar-refractivity contribution in [1.29, 1.82) is 0 Å². The van der Waals surface area contributed by atoms with Crippen molar-refractivity contribution in [2.24, 2.45) is 17.8 Å². The number of carbonyl (C=O) groups is 1. The number of esters is 1. The molecule has 47 heavy (non-hydrogen) atoms. The molecule has 8 heteroatoms. The molecule has 1 fully saturated rings. The average Bonchev–Trinajstić information content (AvgIpc) is 3.02. The maximum atomic E-state index is 12.4. The van der Waals surface area contributed by atoms with E-state index in [0.717, 1.165) is 0 Å². The Morgan fingerprint density at radius 3 is 1.94 bits per heavy atom. The highest BCUT2D eigenvalue weighted by Gasteiger charge is 2.51. The van der Waals surface area contributed by atoms with Crippen LogP contribution in [0.3, 0.4) is 0 Å². The van der Waals surface area contributed by atoms with Gasteiger partial charge in [-0.15, -0.1) is 0 Å². The summed E-state index contributed by atoms with van der Waals surface area (Å²) in [5.74, 6) is -0.347. The van der Waals surface area contributed by atoms with Gasteiger partial charge in [0.15, 0.2) is 8.32 Å². The van der Waals surface area contributed by atoms with E-state index in [1.807, 2.05) is 13.8 Å². The molecule has 0 radical (unpaired) electrons. The lowest BCUT2D eigenvalue weighted by Gasteiger charge is -2.45. The molecule has 6 atom stereocenters. The van der Waals surface area contributed by atoms with Crippen LogP contribution in [0.15, 0.2) is 72.8 Å². The van der Waals surface area contributed by atoms with Gasteiger partial charge in [0.2, 0.25) is 0 Å². The summed E-state index contributed by atoms with van der Waals surface area (Å²) in [6.07, 6.45) is 4.52. The second-order valence-electron chi connectivity index (χ2n) is 15.8. The fourth-order valence-electron chi connectivity index (χ4n) is 6.27. The van der Waals surface area contributed by atoms with E-state index >= 15 is 0 Å². The molecule has 262 valence electrons. The van der Waals surface area contributed by atoms with Gasteiger partial charge in [0, 0.05) is 18.9 Å². The molecule has 1 aliphatic rings. The maximum absolute atomic E-state index is 12.4. The van der Waals surface area contributed by atoms with Crippen molar-refractivity contribution in [3.63, 3.8) is 0 Å². The highest BCUT2D eigenvalue weighted by atomic mass is 28.4. The van der Waals surface area contributed by atoms with Gasteiger partial charge in [-0.3, -0.25) is 4.79 Å². The normalized spacial score (nSPS) is 20.9. The predicted octanol–water partition coefficient (Wildman–Crippen LogP) is 8.11. The molecule has 0 amide bonds. The Bertz CT molecular complexity index is 1230. The Morgan fingerprint density at radius 2 is 1.45 bits per heavy atom. The van der Waals surface area contributed by atoms with Crippen LogP contribution in [-0.2, 0) is 27.9 Å². The largest absolute Gasteiger partial charge is 0.466 e. The third kappa shape index (κ3) is 9.76. The van der Waals surface area contributed by atoms with Crippen LogP contribution in [0.5, 0.6) is 0 Å². The van der Waals surface area contributed by atoms with E-state index in [2.05, 4.69) is 141 Å². The molecule has 0 spiro atoms. The molecule has 6 nitrogen and oxygen atoms in total. The van der Waals surface area contributed by atoms with Crippen LogP contribution in [0.4, 0.5) is 0 Å². The first-order chi connectivity index (χ1) is 21.9. The molecule has 1 aliphatic heterocycles. The molecule has 0 aromatic heterocycles. The van der Waals surface area contributed by atoms with Crippen LogP contribution in [0.1, 0.15) is 75.7 Å². The Hall–Kier alpha value is -2.08. The second kappa shape index (κ2) is 16.6. The van der Waals surface area contributed by atoms with Gasteiger partial charge in [0.25, 0.3) is 8.32 Å². The molecule has 2 aromatic carbocycles. The Balaban J connectivity index is 1.91. The minimum Gasteiger partial charge on any atom is -0.466 e. The van der Waals surface area contributed by atoms with Gasteiger partial charge < -0.3 is 23.1 Å². The zero-order valence-corrected chi connectivity index (χ0v) is 33.2. The van der Waals surface area contributed by atoms with Gasteiger partial charge in [0.05, 0.1) is 30.8 Å². The smallest absolute Gasteiger partial charge is 0.311 e. The predicted molar refractivity (Wildman–Crippen MR) is 198 cm³/mol. The molecule has 0 bridgehead atoms. The standard InChI is InChI=1S/C39H62O6Si2/c1-13-41-37(40)31(4)35-26-32(42-28-43-35)25-24-29(2)36(45-46(11,12)38(5,6)7)30(3)27-44-47(39(8,9)10,33-20-16-14-17-21-33)34-22-18-15-19-23-34/h14-25,29-32,35-36H,13,26-28H2,1-12H3/b25-24-/t29-,30-,31+,32-,35+,36-/m0/s1. The third-order valence-corrected chi connectivity index (χ3v) is 19.6. The maximum Gasteiger partial charge on any atom is 0.311 e. The molecule has 1 saturated heterocycles. The minimum absolute atomic E-state index is 0.0561. The van der Waals surface area contributed by atoms with Gasteiger partial charge in [-0.25, -0.2) is 0 Å². The average molecular weight is 683 g/mol. The summed E-state index contributed by atoms with van der Waals surface area (Å²) >= 11 is 0. The number of hydrogen-bond donors (Lipinski definition) is 0. The summed E-state index contributed by atoms with van der Waals surface area (Å²) in [6.45, 7) is 27.8. The van der Waals surface area contributed by atoms with E-state index < -0.39 is 16.6 Å². The summed E-state index contributed by atoms with van der Waals surface area (Å²) < 4.78 is 31.7. The lowest BCUT2D eigenvalue weighted by atomic mass is 9.92. The Morgan fingerprint density at radius 1 is 0.894 bits per heavy atom. The Labute approximate surface area is 287 Å². The zero-order valence-electron chi connectivity index (χ0n) is 31.2. The van der Waals surface area contributed by atoms with Crippen molar-refractivity contribution >= 4 is 33.0 Å². The molecule has 0 N–H and O–H groups in total. The highest BCUT2D eigenvalue weighted by Crippen LogP contribution is 2.41. The minimum atomic E-state index is -2.70. The lowest BCUT2D eigenvalue weighted by molar-refractivity contribution is -0.186. The van der Waals surface area contributed by atoms with E-state index in [9.17, 15) is 4.79 Å². The van der Waals surface area contributed by atoms with Crippen molar-refractivity contribution in [3.05, 3.63) is 72.8 Å². The summed E-state index contributed by atoms with van der Waals surface area (Å²) in [6, 6.07) is 21.7. The van der Waals surface area contributed by atoms with Crippen molar-refractivity contribution in [2.45, 2.75) is 117 Å². The second-order valence-corrected chi connectivity index (χ2v) is 24.9. The summed E-state index contributed by atoms with van der Waals surface area (Å²) in [5.41, 5.74) is 0. The lowest BCUT2D eigenvalue weighted by Crippen LogP contribution is -2.67. The quantitative estimate of drug-likeness (QED) is 0.114. The molecule has 0 unspecified atom stereocenters. The van der Waals surface area contributed by atoms with E-state index in [-0.39, 0.29) is 58.9 Å². The van der Waals surface area contributed by atoms with Crippen molar-refractivity contribution in [1.82, 2.24) is 0 Å². The number of carbonyl (C=O) groups excluding carboxylic acids is 1. The zero-order chi connectivity index (χ0) is 35.0. The monoisotopic (exact) mass is 682 g/mol. The summed E-state index contributed by atoms with van der Waals surface area (Å²) in [4.78, 5) is 12.4. The van der Waals surface area contributed by atoms with E-state index in [4.69, 9.17) is 23.1 Å². The van der Waals surface area contributed by atoms with Gasteiger partial charge >= 0.3 is 5.97 Å². The van der Waals surface area contributed by atoms with Crippen LogP contribution >= 0.6 is 0 Å². The number of ether oxygens (including phenoxy) is 3. The van der Waals surface area contributed by atoms with Gasteiger partial charge in [-0.05, 0) is 53.3 Å².